The molecule has 2 saturated heterocycles. The van der Waals surface area contributed by atoms with E-state index in [-0.39, 0.29) is 48.0 Å². The molecule has 2 unspecified atom stereocenters. The minimum atomic E-state index is -2.87. The molecule has 3 aliphatic rings. The summed E-state index contributed by atoms with van der Waals surface area (Å²) in [4.78, 5) is 34.9. The van der Waals surface area contributed by atoms with Gasteiger partial charge in [-0.1, -0.05) is 0 Å². The maximum atomic E-state index is 13.9. The summed E-state index contributed by atoms with van der Waals surface area (Å²) in [7, 11) is 0. The topological polar surface area (TPSA) is 130 Å². The van der Waals surface area contributed by atoms with E-state index in [1.807, 2.05) is 31.7 Å². The number of aliphatic hydroxyl groups excluding tert-OH is 1. The number of carbonyl (C=O) groups excluding carboxylic acids is 2. The molecule has 0 spiro atoms. The quantitative estimate of drug-likeness (QED) is 0.425. The zero-order valence-corrected chi connectivity index (χ0v) is 24.6. The molecule has 0 aromatic carbocycles. The van der Waals surface area contributed by atoms with E-state index in [4.69, 9.17) is 9.72 Å². The number of nitrogens with one attached hydrogen (secondary N) is 1. The maximum Gasteiger partial charge on any atom is 0.410 e. The van der Waals surface area contributed by atoms with Crippen molar-refractivity contribution in [2.75, 3.05) is 29.9 Å². The first-order valence-corrected chi connectivity index (χ1v) is 14.9. The second-order valence-electron chi connectivity index (χ2n) is 12.8. The Kier molecular flexibility index (Phi) is 7.73. The molecule has 1 aliphatic carbocycles. The normalized spacial score (nSPS) is 24.2. The number of rotatable bonds is 6. The van der Waals surface area contributed by atoms with Gasteiger partial charge >= 0.3 is 6.09 Å². The van der Waals surface area contributed by atoms with Crippen molar-refractivity contribution in [3.8, 4) is 0 Å². The highest BCUT2D eigenvalue weighted by molar-refractivity contribution is 6.08. The van der Waals surface area contributed by atoms with Gasteiger partial charge in [-0.25, -0.2) is 23.1 Å². The van der Waals surface area contributed by atoms with Gasteiger partial charge in [-0.15, -0.1) is 0 Å². The van der Waals surface area contributed by atoms with Gasteiger partial charge in [0.15, 0.2) is 11.3 Å². The van der Waals surface area contributed by atoms with Crippen molar-refractivity contribution < 1.29 is 28.2 Å². The first-order valence-electron chi connectivity index (χ1n) is 14.9. The fourth-order valence-corrected chi connectivity index (χ4v) is 6.53. The molecule has 2 amide bonds. The molecule has 2 atom stereocenters. The Balaban J connectivity index is 1.19. The van der Waals surface area contributed by atoms with Crippen LogP contribution in [-0.2, 0) is 4.74 Å². The third-order valence-electron chi connectivity index (χ3n) is 8.67. The van der Waals surface area contributed by atoms with Gasteiger partial charge in [0.2, 0.25) is 0 Å². The van der Waals surface area contributed by atoms with Crippen molar-refractivity contribution in [3.05, 3.63) is 35.9 Å². The lowest BCUT2D eigenvalue weighted by Gasteiger charge is -2.41. The van der Waals surface area contributed by atoms with Crippen LogP contribution in [0.4, 0.5) is 25.1 Å². The van der Waals surface area contributed by atoms with Gasteiger partial charge in [0.1, 0.15) is 17.0 Å². The van der Waals surface area contributed by atoms with Crippen LogP contribution in [0, 0.1) is 5.92 Å². The van der Waals surface area contributed by atoms with Crippen LogP contribution in [0.3, 0.4) is 0 Å². The number of alkyl halides is 2. The van der Waals surface area contributed by atoms with Crippen LogP contribution >= 0.6 is 0 Å². The summed E-state index contributed by atoms with van der Waals surface area (Å²) >= 11 is 0. The number of piperazine rings is 1. The summed E-state index contributed by atoms with van der Waals surface area (Å²) in [5.74, 6) is 0.250. The number of ether oxygens (including phenoxy) is 1. The van der Waals surface area contributed by atoms with Crippen LogP contribution in [0.2, 0.25) is 0 Å². The molecular weight excluding hydrogens is 562 g/mol. The Morgan fingerprint density at radius 3 is 2.40 bits per heavy atom. The van der Waals surface area contributed by atoms with E-state index < -0.39 is 23.6 Å². The molecule has 6 rings (SSSR count). The van der Waals surface area contributed by atoms with Crippen molar-refractivity contribution in [2.45, 2.75) is 89.4 Å². The van der Waals surface area contributed by atoms with Gasteiger partial charge in [0.25, 0.3) is 12.3 Å². The predicted molar refractivity (Wildman–Crippen MR) is 153 cm³/mol. The second-order valence-corrected chi connectivity index (χ2v) is 12.8. The molecule has 3 aromatic rings. The van der Waals surface area contributed by atoms with Gasteiger partial charge in [-0.05, 0) is 71.3 Å². The summed E-state index contributed by atoms with van der Waals surface area (Å²) in [5.41, 5.74) is -0.664. The summed E-state index contributed by atoms with van der Waals surface area (Å²) < 4.78 is 36.5. The third-order valence-corrected chi connectivity index (χ3v) is 8.67. The Morgan fingerprint density at radius 1 is 1.09 bits per heavy atom. The molecule has 3 aromatic heterocycles. The smallest absolute Gasteiger partial charge is 0.410 e. The molecular formula is C29H38F2N8O4. The molecule has 43 heavy (non-hydrogen) atoms. The molecule has 2 bridgehead atoms. The van der Waals surface area contributed by atoms with Crippen LogP contribution in [0.5, 0.6) is 0 Å². The Morgan fingerprint density at radius 2 is 1.77 bits per heavy atom. The number of fused-ring (bicyclic) bond motifs is 3. The van der Waals surface area contributed by atoms with Gasteiger partial charge in [0.05, 0.1) is 30.0 Å². The average Bonchev–Trinajstić information content (AvgIpc) is 3.65. The van der Waals surface area contributed by atoms with Crippen LogP contribution in [-0.4, -0.2) is 83.8 Å². The minimum absolute atomic E-state index is 0.0118. The summed E-state index contributed by atoms with van der Waals surface area (Å²) in [6, 6.07) is 1.72. The standard InChI is InChI=1S/C29H38F2N8O4/c1-29(2,3)43-28(42)39-19-8-9-20(39)14-36(13-19)23-10-11-37-26(34-23)21(12-32-37)27(41)33-22-15-38(35-24(22)25(30)31)18-6-4-17(16-40)5-7-18/h10-12,15,17-20,25,40H,4-9,13-14,16H2,1-3H3,(H,33,41). The molecule has 12 nitrogen and oxygen atoms in total. The second kappa shape index (κ2) is 11.4. The van der Waals surface area contributed by atoms with Crippen molar-refractivity contribution >= 4 is 29.2 Å². The zero-order valence-electron chi connectivity index (χ0n) is 24.6. The van der Waals surface area contributed by atoms with E-state index in [0.717, 1.165) is 38.5 Å². The molecule has 2 N–H and O–H groups in total. The molecule has 3 fully saturated rings. The number of amides is 2. The van der Waals surface area contributed by atoms with Crippen molar-refractivity contribution in [3.63, 3.8) is 0 Å². The highest BCUT2D eigenvalue weighted by atomic mass is 19.3. The number of hydrogen-bond acceptors (Lipinski definition) is 8. The largest absolute Gasteiger partial charge is 0.444 e. The van der Waals surface area contributed by atoms with E-state index in [1.165, 1.54) is 21.6 Å². The van der Waals surface area contributed by atoms with E-state index in [9.17, 15) is 23.5 Å². The lowest BCUT2D eigenvalue weighted by molar-refractivity contribution is 0.0122. The molecule has 232 valence electrons. The lowest BCUT2D eigenvalue weighted by Crippen LogP contribution is -2.57. The first-order chi connectivity index (χ1) is 20.5. The van der Waals surface area contributed by atoms with Gasteiger partial charge in [-0.3, -0.25) is 14.4 Å². The molecule has 0 radical (unpaired) electrons. The fraction of sp³-hybridized carbons (Fsp3) is 0.621. The van der Waals surface area contributed by atoms with E-state index in [1.54, 1.807) is 6.20 Å². The predicted octanol–water partition coefficient (Wildman–Crippen LogP) is 4.43. The van der Waals surface area contributed by atoms with Crippen LogP contribution < -0.4 is 10.2 Å². The van der Waals surface area contributed by atoms with Crippen LogP contribution in [0.1, 0.15) is 87.8 Å². The number of halogens is 2. The minimum Gasteiger partial charge on any atom is -0.444 e. The number of nitrogens with zero attached hydrogens (tertiary/aromatic N) is 7. The van der Waals surface area contributed by atoms with Crippen molar-refractivity contribution in [2.24, 2.45) is 5.92 Å². The lowest BCUT2D eigenvalue weighted by atomic mass is 9.87. The maximum absolute atomic E-state index is 13.9. The first kappa shape index (κ1) is 29.3. The van der Waals surface area contributed by atoms with E-state index in [2.05, 4.69) is 20.4 Å². The van der Waals surface area contributed by atoms with Gasteiger partial charge in [0, 0.05) is 32.1 Å². The Labute approximate surface area is 248 Å². The number of aromatic nitrogens is 5. The Hall–Kier alpha value is -3.81. The zero-order chi connectivity index (χ0) is 30.5. The molecule has 14 heteroatoms. The van der Waals surface area contributed by atoms with Gasteiger partial charge in [-0.2, -0.15) is 10.2 Å². The number of carbonyl (C=O) groups is 2. The number of anilines is 2. The fourth-order valence-electron chi connectivity index (χ4n) is 6.53. The SMILES string of the molecule is CC(C)(C)OC(=O)N1C2CCC1CN(c1ccn3ncc(C(=O)Nc4cn(C5CCC(CO)CC5)nc4C(F)F)c3n1)C2. The third kappa shape index (κ3) is 5.89. The summed E-state index contributed by atoms with van der Waals surface area (Å²) in [6.07, 6.45) is 6.13. The highest BCUT2D eigenvalue weighted by Crippen LogP contribution is 2.36. The highest BCUT2D eigenvalue weighted by Gasteiger charge is 2.44. The van der Waals surface area contributed by atoms with Crippen LogP contribution in [0.25, 0.3) is 5.65 Å². The molecule has 2 aliphatic heterocycles. The molecule has 5 heterocycles. The van der Waals surface area contributed by atoms with E-state index in [0.29, 0.717) is 24.6 Å². The summed E-state index contributed by atoms with van der Waals surface area (Å²) in [6.45, 7) is 6.83. The van der Waals surface area contributed by atoms with E-state index >= 15 is 0 Å². The number of aliphatic hydroxyl groups is 1. The molecule has 1 saturated carbocycles. The van der Waals surface area contributed by atoms with Crippen LogP contribution in [0.15, 0.2) is 24.7 Å². The van der Waals surface area contributed by atoms with Gasteiger partial charge < -0.3 is 20.1 Å². The summed E-state index contributed by atoms with van der Waals surface area (Å²) in [5, 5.41) is 20.4. The van der Waals surface area contributed by atoms with Crippen molar-refractivity contribution in [1.82, 2.24) is 29.3 Å². The Bertz CT molecular complexity index is 1480. The number of hydrogen-bond donors (Lipinski definition) is 2. The monoisotopic (exact) mass is 600 g/mol. The average molecular weight is 601 g/mol. The van der Waals surface area contributed by atoms with Crippen molar-refractivity contribution in [1.29, 1.82) is 0 Å².